The molecule has 9 nitrogen and oxygen atoms in total. The number of anilines is 2. The number of ether oxygens (including phenoxy) is 1. The molecule has 31 heavy (non-hydrogen) atoms. The Balaban J connectivity index is 1.60. The van der Waals surface area contributed by atoms with Gasteiger partial charge in [-0.3, -0.25) is 4.68 Å². The molecule has 10 heteroatoms. The molecule has 2 N–H and O–H groups in total. The van der Waals surface area contributed by atoms with Gasteiger partial charge in [-0.15, -0.1) is 0 Å². The third kappa shape index (κ3) is 4.75. The maximum Gasteiger partial charge on any atom is 0.319 e. The SMILES string of the molecule is CSCCNC(=O)Nc1ccc(-c2nc(N3CCOC[C@@H]3C)c3c(cnn3C)n2)cc1. The Bertz CT molecular complexity index is 1050. The van der Waals surface area contributed by atoms with E-state index in [2.05, 4.69) is 27.6 Å². The number of morpholine rings is 1. The van der Waals surface area contributed by atoms with Crippen LogP contribution in [-0.2, 0) is 11.8 Å². The maximum absolute atomic E-state index is 12.0. The zero-order valence-electron chi connectivity index (χ0n) is 18.0. The Labute approximate surface area is 185 Å². The Hall–Kier alpha value is -2.85. The van der Waals surface area contributed by atoms with Gasteiger partial charge in [-0.05, 0) is 37.4 Å². The lowest BCUT2D eigenvalue weighted by Gasteiger charge is -2.34. The molecule has 0 spiro atoms. The van der Waals surface area contributed by atoms with E-state index in [1.165, 1.54) is 0 Å². The van der Waals surface area contributed by atoms with Gasteiger partial charge in [0, 0.05) is 37.1 Å². The van der Waals surface area contributed by atoms with Crippen LogP contribution in [0.3, 0.4) is 0 Å². The lowest BCUT2D eigenvalue weighted by atomic mass is 10.2. The number of benzene rings is 1. The zero-order valence-corrected chi connectivity index (χ0v) is 18.8. The number of urea groups is 1. The second kappa shape index (κ2) is 9.52. The first-order chi connectivity index (χ1) is 15.1. The van der Waals surface area contributed by atoms with Crippen LogP contribution in [0.4, 0.5) is 16.3 Å². The van der Waals surface area contributed by atoms with Gasteiger partial charge < -0.3 is 20.3 Å². The molecular weight excluding hydrogens is 414 g/mol. The second-order valence-corrected chi connectivity index (χ2v) is 8.43. The summed E-state index contributed by atoms with van der Waals surface area (Å²) in [4.78, 5) is 23.9. The summed E-state index contributed by atoms with van der Waals surface area (Å²) in [6.07, 6.45) is 3.78. The average molecular weight is 442 g/mol. The molecule has 1 aromatic carbocycles. The van der Waals surface area contributed by atoms with Gasteiger partial charge in [-0.25, -0.2) is 14.8 Å². The van der Waals surface area contributed by atoms with Crippen molar-refractivity contribution in [1.29, 1.82) is 0 Å². The summed E-state index contributed by atoms with van der Waals surface area (Å²) in [6, 6.07) is 7.56. The summed E-state index contributed by atoms with van der Waals surface area (Å²) in [7, 11) is 1.91. The van der Waals surface area contributed by atoms with Crippen molar-refractivity contribution in [2.75, 3.05) is 48.5 Å². The van der Waals surface area contributed by atoms with Crippen LogP contribution in [0.15, 0.2) is 30.5 Å². The van der Waals surface area contributed by atoms with Crippen molar-refractivity contribution < 1.29 is 9.53 Å². The first-order valence-electron chi connectivity index (χ1n) is 10.2. The number of nitrogens with one attached hydrogen (secondary N) is 2. The van der Waals surface area contributed by atoms with Crippen molar-refractivity contribution >= 4 is 40.3 Å². The van der Waals surface area contributed by atoms with E-state index in [1.54, 1.807) is 18.0 Å². The molecule has 1 aliphatic heterocycles. The minimum absolute atomic E-state index is 0.210. The number of hydrogen-bond acceptors (Lipinski definition) is 7. The van der Waals surface area contributed by atoms with E-state index >= 15 is 0 Å². The summed E-state index contributed by atoms with van der Waals surface area (Å²) in [6.45, 7) is 4.87. The summed E-state index contributed by atoms with van der Waals surface area (Å²) in [5.74, 6) is 2.38. The van der Waals surface area contributed by atoms with E-state index in [0.717, 1.165) is 40.4 Å². The fraction of sp³-hybridized carbons (Fsp3) is 0.429. The standard InChI is InChI=1S/C21H27N7O2S/c1-14-13-30-10-9-28(14)20-18-17(12-23-27(18)2)25-19(26-20)15-4-6-16(7-5-15)24-21(29)22-8-11-31-3/h4-7,12,14H,8-11,13H2,1-3H3,(H2,22,24,29)/t14-/m0/s1. The third-order valence-electron chi connectivity index (χ3n) is 5.20. The zero-order chi connectivity index (χ0) is 21.8. The maximum atomic E-state index is 12.0. The molecule has 0 unspecified atom stereocenters. The molecule has 2 aromatic heterocycles. The Morgan fingerprint density at radius 3 is 2.84 bits per heavy atom. The van der Waals surface area contributed by atoms with Gasteiger partial charge in [0.25, 0.3) is 0 Å². The average Bonchev–Trinajstić information content (AvgIpc) is 3.15. The monoisotopic (exact) mass is 441 g/mol. The van der Waals surface area contributed by atoms with E-state index in [1.807, 2.05) is 42.3 Å². The van der Waals surface area contributed by atoms with Crippen LogP contribution in [-0.4, -0.2) is 70.1 Å². The third-order valence-corrected chi connectivity index (χ3v) is 5.81. The number of thioether (sulfide) groups is 1. The highest BCUT2D eigenvalue weighted by molar-refractivity contribution is 7.98. The predicted octanol–water partition coefficient (Wildman–Crippen LogP) is 2.74. The van der Waals surface area contributed by atoms with Crippen LogP contribution in [0.2, 0.25) is 0 Å². The molecule has 0 bridgehead atoms. The molecule has 0 saturated carbocycles. The Morgan fingerprint density at radius 2 is 2.10 bits per heavy atom. The van der Waals surface area contributed by atoms with E-state index in [0.29, 0.717) is 25.6 Å². The minimum Gasteiger partial charge on any atom is -0.377 e. The smallest absolute Gasteiger partial charge is 0.319 e. The molecule has 3 aromatic rings. The highest BCUT2D eigenvalue weighted by Gasteiger charge is 2.25. The Kier molecular flexibility index (Phi) is 6.57. The van der Waals surface area contributed by atoms with Gasteiger partial charge in [0.2, 0.25) is 0 Å². The number of hydrogen-bond donors (Lipinski definition) is 2. The van der Waals surface area contributed by atoms with Crippen LogP contribution < -0.4 is 15.5 Å². The van der Waals surface area contributed by atoms with Crippen LogP contribution in [0.1, 0.15) is 6.92 Å². The molecule has 0 radical (unpaired) electrons. The summed E-state index contributed by atoms with van der Waals surface area (Å²) < 4.78 is 7.42. The summed E-state index contributed by atoms with van der Waals surface area (Å²) >= 11 is 1.69. The van der Waals surface area contributed by atoms with Crippen molar-refractivity contribution in [3.63, 3.8) is 0 Å². The summed E-state index contributed by atoms with van der Waals surface area (Å²) in [5.41, 5.74) is 3.31. The van der Waals surface area contributed by atoms with Gasteiger partial charge in [0.1, 0.15) is 11.0 Å². The van der Waals surface area contributed by atoms with E-state index in [9.17, 15) is 4.79 Å². The quantitative estimate of drug-likeness (QED) is 0.568. The number of amides is 2. The van der Waals surface area contributed by atoms with Crippen molar-refractivity contribution in [3.05, 3.63) is 30.5 Å². The molecule has 0 aliphatic carbocycles. The second-order valence-electron chi connectivity index (χ2n) is 7.44. The van der Waals surface area contributed by atoms with Crippen molar-refractivity contribution in [1.82, 2.24) is 25.1 Å². The number of carbonyl (C=O) groups is 1. The number of nitrogens with zero attached hydrogens (tertiary/aromatic N) is 5. The van der Waals surface area contributed by atoms with Crippen LogP contribution >= 0.6 is 11.8 Å². The molecule has 164 valence electrons. The van der Waals surface area contributed by atoms with Crippen molar-refractivity contribution in [2.24, 2.45) is 7.05 Å². The van der Waals surface area contributed by atoms with E-state index in [4.69, 9.17) is 14.7 Å². The predicted molar refractivity (Wildman–Crippen MR) is 125 cm³/mol. The molecule has 1 saturated heterocycles. The number of aromatic nitrogens is 4. The highest BCUT2D eigenvalue weighted by atomic mass is 32.2. The topological polar surface area (TPSA) is 97.2 Å². The highest BCUT2D eigenvalue weighted by Crippen LogP contribution is 2.29. The molecule has 2 amide bonds. The lowest BCUT2D eigenvalue weighted by molar-refractivity contribution is 0.0986. The minimum atomic E-state index is -0.210. The van der Waals surface area contributed by atoms with Gasteiger partial charge in [-0.2, -0.15) is 16.9 Å². The van der Waals surface area contributed by atoms with Gasteiger partial charge in [-0.1, -0.05) is 0 Å². The van der Waals surface area contributed by atoms with Crippen molar-refractivity contribution in [3.8, 4) is 11.4 Å². The molecule has 4 rings (SSSR count). The van der Waals surface area contributed by atoms with E-state index < -0.39 is 0 Å². The molecule has 1 aliphatic rings. The number of rotatable bonds is 6. The lowest BCUT2D eigenvalue weighted by Crippen LogP contribution is -2.44. The molecular formula is C21H27N7O2S. The first kappa shape index (κ1) is 21.4. The van der Waals surface area contributed by atoms with E-state index in [-0.39, 0.29) is 12.1 Å². The Morgan fingerprint density at radius 1 is 1.29 bits per heavy atom. The van der Waals surface area contributed by atoms with Crippen LogP contribution in [0, 0.1) is 0 Å². The fourth-order valence-corrected chi connectivity index (χ4v) is 3.88. The van der Waals surface area contributed by atoms with Crippen molar-refractivity contribution in [2.45, 2.75) is 13.0 Å². The first-order valence-corrected chi connectivity index (χ1v) is 11.6. The molecule has 1 atom stereocenters. The summed E-state index contributed by atoms with van der Waals surface area (Å²) in [5, 5.41) is 10.1. The van der Waals surface area contributed by atoms with Gasteiger partial charge in [0.05, 0.1) is 25.5 Å². The largest absolute Gasteiger partial charge is 0.377 e. The number of fused-ring (bicyclic) bond motifs is 1. The van der Waals surface area contributed by atoms with Crippen LogP contribution in [0.25, 0.3) is 22.4 Å². The molecule has 1 fully saturated rings. The van der Waals surface area contributed by atoms with Gasteiger partial charge >= 0.3 is 6.03 Å². The number of carbonyl (C=O) groups excluding carboxylic acids is 1. The van der Waals surface area contributed by atoms with Gasteiger partial charge in [0.15, 0.2) is 11.6 Å². The molecule has 3 heterocycles. The fourth-order valence-electron chi connectivity index (χ4n) is 3.58. The number of aryl methyl sites for hydroxylation is 1. The normalized spacial score (nSPS) is 16.5. The van der Waals surface area contributed by atoms with Crippen LogP contribution in [0.5, 0.6) is 0 Å².